The summed E-state index contributed by atoms with van der Waals surface area (Å²) in [4.78, 5) is 19.3. The second-order valence-electron chi connectivity index (χ2n) is 8.17. The van der Waals surface area contributed by atoms with E-state index < -0.39 is 13.2 Å². The first-order chi connectivity index (χ1) is 15.3. The lowest BCUT2D eigenvalue weighted by atomic mass is 9.73. The Balaban J connectivity index is 2.11. The van der Waals surface area contributed by atoms with E-state index in [1.54, 1.807) is 6.07 Å². The van der Waals surface area contributed by atoms with Crippen LogP contribution in [0.4, 0.5) is 0 Å². The number of hydrogen-bond donors (Lipinski definition) is 2. The molecule has 0 saturated carbocycles. The van der Waals surface area contributed by atoms with Gasteiger partial charge in [-0.15, -0.1) is 0 Å². The molecule has 2 N–H and O–H groups in total. The monoisotopic (exact) mass is 444 g/mol. The molecule has 32 heavy (non-hydrogen) atoms. The van der Waals surface area contributed by atoms with Gasteiger partial charge in [-0.05, 0) is 33.9 Å². The van der Waals surface area contributed by atoms with Crippen molar-refractivity contribution >= 4 is 7.82 Å². The van der Waals surface area contributed by atoms with Crippen molar-refractivity contribution in [3.63, 3.8) is 0 Å². The van der Waals surface area contributed by atoms with E-state index >= 15 is 0 Å². The maximum absolute atomic E-state index is 11.9. The molecular weight excluding hydrogens is 419 g/mol. The van der Waals surface area contributed by atoms with E-state index in [1.807, 2.05) is 111 Å². The molecule has 4 aromatic rings. The molecule has 4 aromatic carbocycles. The predicted molar refractivity (Wildman–Crippen MR) is 129 cm³/mol. The number of phosphoric ester groups is 1. The first-order valence-corrected chi connectivity index (χ1v) is 11.9. The van der Waals surface area contributed by atoms with Crippen molar-refractivity contribution in [2.75, 3.05) is 0 Å². The van der Waals surface area contributed by atoms with Crippen molar-refractivity contribution in [2.24, 2.45) is 0 Å². The molecule has 0 saturated heterocycles. The molecule has 0 aliphatic rings. The van der Waals surface area contributed by atoms with Crippen LogP contribution in [0.5, 0.6) is 5.75 Å². The summed E-state index contributed by atoms with van der Waals surface area (Å²) >= 11 is 0. The van der Waals surface area contributed by atoms with E-state index in [4.69, 9.17) is 4.52 Å². The number of rotatable bonds is 6. The average molecular weight is 444 g/mol. The van der Waals surface area contributed by atoms with E-state index in [0.717, 1.165) is 33.4 Å². The lowest BCUT2D eigenvalue weighted by molar-refractivity contribution is 0.281. The van der Waals surface area contributed by atoms with E-state index in [2.05, 4.69) is 0 Å². The van der Waals surface area contributed by atoms with Crippen LogP contribution in [0.3, 0.4) is 0 Å². The highest BCUT2D eigenvalue weighted by atomic mass is 31.2. The fraction of sp³-hybridized carbons (Fsp3) is 0.111. The molecule has 0 bridgehead atoms. The zero-order valence-corrected chi connectivity index (χ0v) is 18.9. The molecule has 4 rings (SSSR count). The summed E-state index contributed by atoms with van der Waals surface area (Å²) in [6, 6.07) is 33.3. The van der Waals surface area contributed by atoms with Gasteiger partial charge >= 0.3 is 7.82 Å². The van der Waals surface area contributed by atoms with Crippen LogP contribution in [0.15, 0.2) is 103 Å². The van der Waals surface area contributed by atoms with Gasteiger partial charge in [0.25, 0.3) is 0 Å². The first-order valence-electron chi connectivity index (χ1n) is 10.4. The minimum Gasteiger partial charge on any atom is -0.404 e. The topological polar surface area (TPSA) is 66.8 Å². The number of phosphoric acid groups is 1. The summed E-state index contributed by atoms with van der Waals surface area (Å²) in [5.74, 6) is 0.172. The van der Waals surface area contributed by atoms with Gasteiger partial charge in [-0.1, -0.05) is 111 Å². The molecule has 0 radical (unpaired) electrons. The molecule has 0 amide bonds. The predicted octanol–water partition coefficient (Wildman–Crippen LogP) is 6.82. The largest absolute Gasteiger partial charge is 0.524 e. The Hall–Kier alpha value is -3.17. The quantitative estimate of drug-likeness (QED) is 0.320. The van der Waals surface area contributed by atoms with Crippen molar-refractivity contribution in [2.45, 2.75) is 19.3 Å². The zero-order chi connectivity index (χ0) is 22.8. The fourth-order valence-corrected chi connectivity index (χ4v) is 4.58. The maximum atomic E-state index is 11.9. The van der Waals surface area contributed by atoms with Gasteiger partial charge in [-0.2, -0.15) is 0 Å². The molecule has 0 unspecified atom stereocenters. The van der Waals surface area contributed by atoms with Gasteiger partial charge in [0, 0.05) is 11.0 Å². The Morgan fingerprint density at radius 1 is 0.688 bits per heavy atom. The van der Waals surface area contributed by atoms with E-state index in [0.29, 0.717) is 0 Å². The zero-order valence-electron chi connectivity index (χ0n) is 18.0. The molecule has 0 spiro atoms. The van der Waals surface area contributed by atoms with E-state index in [9.17, 15) is 14.4 Å². The summed E-state index contributed by atoms with van der Waals surface area (Å²) in [7, 11) is -4.77. The third-order valence-electron chi connectivity index (χ3n) is 5.65. The van der Waals surface area contributed by atoms with Gasteiger partial charge in [-0.3, -0.25) is 9.79 Å². The molecule has 162 valence electrons. The van der Waals surface area contributed by atoms with Gasteiger partial charge in [0.1, 0.15) is 5.75 Å². The second kappa shape index (κ2) is 8.76. The summed E-state index contributed by atoms with van der Waals surface area (Å²) in [6.07, 6.45) is 0. The van der Waals surface area contributed by atoms with Gasteiger partial charge in [-0.25, -0.2) is 4.57 Å². The Kier molecular flexibility index (Phi) is 6.03. The Morgan fingerprint density at radius 3 is 1.72 bits per heavy atom. The van der Waals surface area contributed by atoms with Crippen molar-refractivity contribution < 1.29 is 18.9 Å². The summed E-state index contributed by atoms with van der Waals surface area (Å²) in [5.41, 5.74) is 4.94. The fourth-order valence-electron chi connectivity index (χ4n) is 4.17. The molecule has 0 aliphatic heterocycles. The van der Waals surface area contributed by atoms with Gasteiger partial charge < -0.3 is 4.52 Å². The van der Waals surface area contributed by atoms with Crippen LogP contribution in [-0.2, 0) is 9.98 Å². The molecule has 0 aromatic heterocycles. The van der Waals surface area contributed by atoms with Crippen LogP contribution in [0.25, 0.3) is 22.3 Å². The Labute approximate surface area is 188 Å². The van der Waals surface area contributed by atoms with Gasteiger partial charge in [0.2, 0.25) is 0 Å². The molecule has 0 heterocycles. The highest BCUT2D eigenvalue weighted by Gasteiger charge is 2.33. The van der Waals surface area contributed by atoms with E-state index in [1.165, 1.54) is 0 Å². The average Bonchev–Trinajstić information content (AvgIpc) is 2.79. The van der Waals surface area contributed by atoms with Gasteiger partial charge in [0.15, 0.2) is 0 Å². The van der Waals surface area contributed by atoms with Crippen LogP contribution in [0.1, 0.15) is 25.0 Å². The van der Waals surface area contributed by atoms with Crippen LogP contribution in [-0.4, -0.2) is 9.79 Å². The van der Waals surface area contributed by atoms with E-state index in [-0.39, 0.29) is 5.75 Å². The van der Waals surface area contributed by atoms with Gasteiger partial charge in [0.05, 0.1) is 0 Å². The minimum atomic E-state index is -4.77. The SMILES string of the molecule is CC(C)(c1ccccc1)c1c(OP(=O)(O)O)ccc(-c2ccccc2)c1-c1ccccc1. The molecule has 5 heteroatoms. The van der Waals surface area contributed by atoms with Crippen molar-refractivity contribution in [3.8, 4) is 28.0 Å². The lowest BCUT2D eigenvalue weighted by Crippen LogP contribution is -2.21. The van der Waals surface area contributed by atoms with Crippen molar-refractivity contribution in [1.29, 1.82) is 0 Å². The molecule has 0 aliphatic carbocycles. The first kappa shape index (κ1) is 22.0. The summed E-state index contributed by atoms with van der Waals surface area (Å²) in [6.45, 7) is 4.09. The number of benzene rings is 4. The summed E-state index contributed by atoms with van der Waals surface area (Å²) in [5, 5.41) is 0. The third kappa shape index (κ3) is 4.53. The van der Waals surface area contributed by atoms with Crippen LogP contribution < -0.4 is 4.52 Å². The maximum Gasteiger partial charge on any atom is 0.524 e. The van der Waals surface area contributed by atoms with Crippen LogP contribution >= 0.6 is 7.82 Å². The number of hydrogen-bond acceptors (Lipinski definition) is 2. The molecule has 4 nitrogen and oxygen atoms in total. The van der Waals surface area contributed by atoms with Crippen molar-refractivity contribution in [3.05, 3.63) is 114 Å². The standard InChI is InChI=1S/C27H25O4P/c1-27(2,22-16-10-5-11-17-22)26-24(31-32(28,29)30)19-18-23(20-12-6-3-7-13-20)25(26)21-14-8-4-9-15-21/h3-19H,1-2H3,(H2,28,29,30). The highest BCUT2D eigenvalue weighted by Crippen LogP contribution is 2.50. The van der Waals surface area contributed by atoms with Crippen LogP contribution in [0, 0.1) is 0 Å². The normalized spacial score (nSPS) is 11.9. The smallest absolute Gasteiger partial charge is 0.404 e. The molecule has 0 fully saturated rings. The summed E-state index contributed by atoms with van der Waals surface area (Å²) < 4.78 is 17.2. The third-order valence-corrected chi connectivity index (χ3v) is 6.09. The lowest BCUT2D eigenvalue weighted by Gasteiger charge is -2.32. The Bertz CT molecular complexity index is 1250. The van der Waals surface area contributed by atoms with Crippen molar-refractivity contribution in [1.82, 2.24) is 0 Å². The minimum absolute atomic E-state index is 0.172. The second-order valence-corrected chi connectivity index (χ2v) is 9.33. The molecule has 0 atom stereocenters. The Morgan fingerprint density at radius 2 is 1.19 bits per heavy atom. The highest BCUT2D eigenvalue weighted by molar-refractivity contribution is 7.46. The van der Waals surface area contributed by atoms with Crippen LogP contribution in [0.2, 0.25) is 0 Å². The molecular formula is C27H25O4P.